The molecule has 19 heavy (non-hydrogen) atoms. The lowest BCUT2D eigenvalue weighted by Crippen LogP contribution is -2.43. The van der Waals surface area contributed by atoms with Crippen molar-refractivity contribution in [3.05, 3.63) is 23.2 Å². The first-order valence-electron chi connectivity index (χ1n) is 5.40. The highest BCUT2D eigenvalue weighted by Crippen LogP contribution is 2.24. The van der Waals surface area contributed by atoms with Crippen LogP contribution in [0.25, 0.3) is 0 Å². The Kier molecular flexibility index (Phi) is 4.44. The number of nitrogens with two attached hydrogens (primary N) is 1. The van der Waals surface area contributed by atoms with Gasteiger partial charge in [-0.15, -0.1) is 0 Å². The van der Waals surface area contributed by atoms with Crippen molar-refractivity contribution in [3.63, 3.8) is 0 Å². The molecular weight excluding hydrogens is 290 g/mol. The van der Waals surface area contributed by atoms with E-state index in [4.69, 9.17) is 16.7 Å². The molecule has 0 aromatic heterocycles. The van der Waals surface area contributed by atoms with Crippen molar-refractivity contribution in [2.24, 2.45) is 5.14 Å². The summed E-state index contributed by atoms with van der Waals surface area (Å²) in [4.78, 5) is 11.6. The second kappa shape index (κ2) is 5.36. The zero-order valence-electron chi connectivity index (χ0n) is 10.8. The molecule has 0 spiro atoms. The number of nitrogens with one attached hydrogen (secondary N) is 2. The molecule has 0 fully saturated rings. The Morgan fingerprint density at radius 2 is 1.89 bits per heavy atom. The minimum Gasteiger partial charge on any atom is -0.333 e. The summed E-state index contributed by atoms with van der Waals surface area (Å²) in [5.74, 6) is 0. The van der Waals surface area contributed by atoms with Gasteiger partial charge in [-0.3, -0.25) is 0 Å². The monoisotopic (exact) mass is 305 g/mol. The highest BCUT2D eigenvalue weighted by molar-refractivity contribution is 7.89. The van der Waals surface area contributed by atoms with Gasteiger partial charge in [0.1, 0.15) is 0 Å². The highest BCUT2D eigenvalue weighted by Gasteiger charge is 2.16. The van der Waals surface area contributed by atoms with Gasteiger partial charge in [-0.2, -0.15) is 0 Å². The summed E-state index contributed by atoms with van der Waals surface area (Å²) < 4.78 is 22.4. The molecule has 1 rings (SSSR count). The summed E-state index contributed by atoms with van der Waals surface area (Å²) in [7, 11) is -3.84. The quantitative estimate of drug-likeness (QED) is 0.777. The maximum absolute atomic E-state index is 11.7. The maximum atomic E-state index is 11.7. The smallest absolute Gasteiger partial charge is 0.319 e. The molecule has 0 atom stereocenters. The number of carbonyl (C=O) groups is 1. The van der Waals surface area contributed by atoms with E-state index in [2.05, 4.69) is 10.6 Å². The van der Waals surface area contributed by atoms with Crippen LogP contribution in [0.2, 0.25) is 5.02 Å². The minimum absolute atomic E-state index is 0.122. The van der Waals surface area contributed by atoms with Gasteiger partial charge in [-0.1, -0.05) is 11.6 Å². The molecule has 0 aliphatic carbocycles. The summed E-state index contributed by atoms with van der Waals surface area (Å²) in [5, 5.41) is 10.4. The molecule has 0 aliphatic rings. The van der Waals surface area contributed by atoms with E-state index in [0.717, 1.165) is 0 Å². The first-order chi connectivity index (χ1) is 8.49. The first-order valence-corrected chi connectivity index (χ1v) is 7.33. The number of primary sulfonamides is 1. The van der Waals surface area contributed by atoms with Crippen molar-refractivity contribution in [2.75, 3.05) is 5.32 Å². The summed E-state index contributed by atoms with van der Waals surface area (Å²) in [6.45, 7) is 5.44. The summed E-state index contributed by atoms with van der Waals surface area (Å²) in [6.07, 6.45) is 0. The summed E-state index contributed by atoms with van der Waals surface area (Å²) in [5.41, 5.74) is -0.247. The van der Waals surface area contributed by atoms with Gasteiger partial charge in [0.05, 0.1) is 15.6 Å². The number of urea groups is 1. The lowest BCUT2D eigenvalue weighted by molar-refractivity contribution is 0.244. The molecule has 0 aliphatic heterocycles. The van der Waals surface area contributed by atoms with Crippen molar-refractivity contribution in [1.82, 2.24) is 5.32 Å². The van der Waals surface area contributed by atoms with Crippen molar-refractivity contribution in [2.45, 2.75) is 31.2 Å². The second-order valence-corrected chi connectivity index (χ2v) is 6.98. The molecule has 2 amide bonds. The summed E-state index contributed by atoms with van der Waals surface area (Å²) in [6, 6.07) is 3.35. The molecule has 0 saturated heterocycles. The van der Waals surface area contributed by atoms with Crippen LogP contribution in [0.15, 0.2) is 23.1 Å². The van der Waals surface area contributed by atoms with Crippen LogP contribution in [0, 0.1) is 0 Å². The third-order valence-electron chi connectivity index (χ3n) is 2.00. The van der Waals surface area contributed by atoms with Crippen molar-refractivity contribution >= 4 is 33.3 Å². The van der Waals surface area contributed by atoms with Gasteiger partial charge in [-0.05, 0) is 39.0 Å². The minimum atomic E-state index is -3.84. The number of hydrogen-bond donors (Lipinski definition) is 3. The molecule has 0 radical (unpaired) electrons. The number of halogens is 1. The zero-order valence-corrected chi connectivity index (χ0v) is 12.4. The van der Waals surface area contributed by atoms with E-state index in [1.807, 2.05) is 20.8 Å². The van der Waals surface area contributed by atoms with E-state index in [9.17, 15) is 13.2 Å². The molecule has 1 aromatic carbocycles. The number of amides is 2. The third kappa shape index (κ3) is 5.06. The zero-order chi connectivity index (χ0) is 14.8. The Labute approximate surface area is 117 Å². The van der Waals surface area contributed by atoms with Gasteiger partial charge in [0.25, 0.3) is 0 Å². The Morgan fingerprint density at radius 3 is 2.37 bits per heavy atom. The lowest BCUT2D eigenvalue weighted by atomic mass is 10.1. The third-order valence-corrected chi connectivity index (χ3v) is 3.24. The SMILES string of the molecule is CC(C)(C)NC(=O)Nc1cc(S(N)(=O)=O)ccc1Cl. The molecule has 1 aromatic rings. The number of sulfonamides is 1. The predicted molar refractivity (Wildman–Crippen MR) is 74.7 cm³/mol. The van der Waals surface area contributed by atoms with Crippen LogP contribution in [0.4, 0.5) is 10.5 Å². The fourth-order valence-corrected chi connectivity index (χ4v) is 1.98. The topological polar surface area (TPSA) is 101 Å². The van der Waals surface area contributed by atoms with Crippen LogP contribution in [-0.2, 0) is 10.0 Å². The number of carbonyl (C=O) groups excluding carboxylic acids is 1. The number of hydrogen-bond acceptors (Lipinski definition) is 3. The van der Waals surface area contributed by atoms with E-state index < -0.39 is 21.6 Å². The average Bonchev–Trinajstić information content (AvgIpc) is 2.16. The molecule has 106 valence electrons. The number of anilines is 1. The van der Waals surface area contributed by atoms with Crippen LogP contribution in [0.1, 0.15) is 20.8 Å². The molecular formula is C11H16ClN3O3S. The van der Waals surface area contributed by atoms with Gasteiger partial charge >= 0.3 is 6.03 Å². The number of benzene rings is 1. The first kappa shape index (κ1) is 15.7. The van der Waals surface area contributed by atoms with Crippen LogP contribution in [0.5, 0.6) is 0 Å². The largest absolute Gasteiger partial charge is 0.333 e. The Balaban J connectivity index is 2.99. The second-order valence-electron chi connectivity index (χ2n) is 5.02. The Bertz CT molecular complexity index is 594. The van der Waals surface area contributed by atoms with Crippen LogP contribution < -0.4 is 15.8 Å². The van der Waals surface area contributed by atoms with Crippen LogP contribution in [-0.4, -0.2) is 20.0 Å². The van der Waals surface area contributed by atoms with E-state index >= 15 is 0 Å². The molecule has 4 N–H and O–H groups in total. The highest BCUT2D eigenvalue weighted by atomic mass is 35.5. The average molecular weight is 306 g/mol. The van der Waals surface area contributed by atoms with Gasteiger partial charge in [0.2, 0.25) is 10.0 Å². The van der Waals surface area contributed by atoms with E-state index in [-0.39, 0.29) is 15.6 Å². The van der Waals surface area contributed by atoms with Crippen LogP contribution in [0.3, 0.4) is 0 Å². The van der Waals surface area contributed by atoms with Crippen molar-refractivity contribution in [1.29, 1.82) is 0 Å². The molecule has 0 unspecified atom stereocenters. The van der Waals surface area contributed by atoms with Crippen LogP contribution >= 0.6 is 11.6 Å². The lowest BCUT2D eigenvalue weighted by Gasteiger charge is -2.21. The fourth-order valence-electron chi connectivity index (χ4n) is 1.27. The van der Waals surface area contributed by atoms with E-state index in [1.54, 1.807) is 0 Å². The number of rotatable bonds is 2. The molecule has 8 heteroatoms. The predicted octanol–water partition coefficient (Wildman–Crippen LogP) is 1.91. The molecule has 0 saturated carbocycles. The van der Waals surface area contributed by atoms with E-state index in [0.29, 0.717) is 0 Å². The summed E-state index contributed by atoms with van der Waals surface area (Å²) >= 11 is 5.88. The van der Waals surface area contributed by atoms with Gasteiger partial charge < -0.3 is 10.6 Å². The van der Waals surface area contributed by atoms with Gasteiger partial charge in [0.15, 0.2) is 0 Å². The van der Waals surface area contributed by atoms with E-state index in [1.165, 1.54) is 18.2 Å². The van der Waals surface area contributed by atoms with Crippen molar-refractivity contribution < 1.29 is 13.2 Å². The Hall–Kier alpha value is -1.31. The van der Waals surface area contributed by atoms with Gasteiger partial charge in [-0.25, -0.2) is 18.4 Å². The molecule has 6 nitrogen and oxygen atoms in total. The standard InChI is InChI=1S/C11H16ClN3O3S/c1-11(2,3)15-10(16)14-9-6-7(19(13,17)18)4-5-8(9)12/h4-6H,1-3H3,(H2,13,17,18)(H2,14,15,16). The Morgan fingerprint density at radius 1 is 1.32 bits per heavy atom. The maximum Gasteiger partial charge on any atom is 0.319 e. The van der Waals surface area contributed by atoms with Gasteiger partial charge in [0, 0.05) is 5.54 Å². The molecule has 0 bridgehead atoms. The van der Waals surface area contributed by atoms with Crippen molar-refractivity contribution in [3.8, 4) is 0 Å². The normalized spacial score (nSPS) is 12.1. The molecule has 0 heterocycles. The fraction of sp³-hybridized carbons (Fsp3) is 0.364.